The number of nitrogens with zero attached hydrogens (tertiary/aromatic N) is 1. The van der Waals surface area contributed by atoms with Crippen molar-refractivity contribution in [2.45, 2.75) is 0 Å². The molecule has 0 heterocycles. The maximum Gasteiger partial charge on any atom is 0.0576 e. The van der Waals surface area contributed by atoms with Gasteiger partial charge < -0.3 is 0 Å². The minimum atomic E-state index is 0.690. The summed E-state index contributed by atoms with van der Waals surface area (Å²) in [5.41, 5.74) is 4.93. The van der Waals surface area contributed by atoms with Crippen molar-refractivity contribution in [3.8, 4) is 0 Å². The lowest BCUT2D eigenvalue weighted by Gasteiger charge is -2.02. The van der Waals surface area contributed by atoms with Gasteiger partial charge in [-0.05, 0) is 29.0 Å². The smallest absolute Gasteiger partial charge is 0.0576 e. The molecule has 3 heteroatoms. The minimum absolute atomic E-state index is 0.690. The van der Waals surface area contributed by atoms with Crippen LogP contribution < -0.4 is 5.43 Å². The molecule has 0 saturated carbocycles. The number of fused-ring (bicyclic) bond motifs is 1. The van der Waals surface area contributed by atoms with Crippen molar-refractivity contribution in [3.63, 3.8) is 0 Å². The van der Waals surface area contributed by atoms with Crippen molar-refractivity contribution in [2.24, 2.45) is 5.10 Å². The van der Waals surface area contributed by atoms with Crippen molar-refractivity contribution in [2.75, 3.05) is 5.43 Å². The summed E-state index contributed by atoms with van der Waals surface area (Å²) in [7, 11) is 0. The maximum atomic E-state index is 5.93. The molecule has 0 aromatic heterocycles. The van der Waals surface area contributed by atoms with E-state index < -0.39 is 0 Å². The van der Waals surface area contributed by atoms with E-state index in [4.69, 9.17) is 11.6 Å². The molecule has 0 bridgehead atoms. The Morgan fingerprint density at radius 2 is 1.70 bits per heavy atom. The van der Waals surface area contributed by atoms with E-state index >= 15 is 0 Å². The Morgan fingerprint density at radius 3 is 2.60 bits per heavy atom. The molecule has 2 nitrogen and oxygen atoms in total. The molecule has 3 aromatic rings. The van der Waals surface area contributed by atoms with Gasteiger partial charge in [0.05, 0.1) is 11.9 Å². The number of hydrogen-bond donors (Lipinski definition) is 1. The van der Waals surface area contributed by atoms with E-state index in [9.17, 15) is 0 Å². The predicted octanol–water partition coefficient (Wildman–Crippen LogP) is 4.94. The predicted molar refractivity (Wildman–Crippen MR) is 86.6 cm³/mol. The van der Waals surface area contributed by atoms with Gasteiger partial charge in [0.25, 0.3) is 0 Å². The van der Waals surface area contributed by atoms with Crippen LogP contribution in [0.4, 0.5) is 5.69 Å². The summed E-state index contributed by atoms with van der Waals surface area (Å²) in [4.78, 5) is 0. The normalized spacial score (nSPS) is 11.1. The Labute approximate surface area is 122 Å². The fourth-order valence-electron chi connectivity index (χ4n) is 2.10. The molecule has 0 aliphatic rings. The van der Waals surface area contributed by atoms with Gasteiger partial charge in [0.2, 0.25) is 0 Å². The van der Waals surface area contributed by atoms with Gasteiger partial charge in [-0.1, -0.05) is 60.1 Å². The van der Waals surface area contributed by atoms with E-state index in [1.165, 1.54) is 10.8 Å². The Hall–Kier alpha value is -2.32. The molecule has 3 rings (SSSR count). The van der Waals surface area contributed by atoms with E-state index in [0.29, 0.717) is 5.02 Å². The molecule has 1 N–H and O–H groups in total. The van der Waals surface area contributed by atoms with Crippen LogP contribution in [0.15, 0.2) is 71.8 Å². The number of benzene rings is 3. The molecule has 98 valence electrons. The number of halogens is 1. The summed E-state index contributed by atoms with van der Waals surface area (Å²) in [5, 5.41) is 7.35. The highest BCUT2D eigenvalue weighted by Crippen LogP contribution is 2.17. The molecule has 0 spiro atoms. The average molecular weight is 281 g/mol. The zero-order valence-electron chi connectivity index (χ0n) is 10.8. The zero-order valence-corrected chi connectivity index (χ0v) is 11.5. The van der Waals surface area contributed by atoms with E-state index in [0.717, 1.165) is 11.3 Å². The second kappa shape index (κ2) is 5.76. The third-order valence-electron chi connectivity index (χ3n) is 3.05. The van der Waals surface area contributed by atoms with Gasteiger partial charge >= 0.3 is 0 Å². The lowest BCUT2D eigenvalue weighted by Crippen LogP contribution is -1.91. The van der Waals surface area contributed by atoms with Crippen LogP contribution in [-0.2, 0) is 0 Å². The SMILES string of the molecule is Clc1cccc(N/N=C\c2cccc3ccccc23)c1. The van der Waals surface area contributed by atoms with Crippen LogP contribution in [0.25, 0.3) is 10.8 Å². The Kier molecular flexibility index (Phi) is 3.66. The first kappa shape index (κ1) is 12.7. The second-order valence-corrected chi connectivity index (χ2v) is 4.89. The first-order chi connectivity index (χ1) is 9.83. The first-order valence-electron chi connectivity index (χ1n) is 6.35. The molecule has 0 unspecified atom stereocenters. The van der Waals surface area contributed by atoms with Crippen LogP contribution in [0.5, 0.6) is 0 Å². The lowest BCUT2D eigenvalue weighted by atomic mass is 10.1. The third-order valence-corrected chi connectivity index (χ3v) is 3.28. The number of hydrogen-bond acceptors (Lipinski definition) is 2. The minimum Gasteiger partial charge on any atom is -0.278 e. The summed E-state index contributed by atoms with van der Waals surface area (Å²) in [6, 6.07) is 21.9. The molecule has 0 fully saturated rings. The fourth-order valence-corrected chi connectivity index (χ4v) is 2.29. The van der Waals surface area contributed by atoms with E-state index in [1.807, 2.05) is 54.7 Å². The quantitative estimate of drug-likeness (QED) is 0.533. The van der Waals surface area contributed by atoms with Gasteiger partial charge in [0.1, 0.15) is 0 Å². The topological polar surface area (TPSA) is 24.4 Å². The van der Waals surface area contributed by atoms with Gasteiger partial charge in [-0.25, -0.2) is 0 Å². The van der Waals surface area contributed by atoms with Crippen molar-refractivity contribution in [1.29, 1.82) is 0 Å². The molecule has 0 amide bonds. The van der Waals surface area contributed by atoms with Gasteiger partial charge in [0.15, 0.2) is 0 Å². The Morgan fingerprint density at radius 1 is 0.900 bits per heavy atom. The zero-order chi connectivity index (χ0) is 13.8. The highest BCUT2D eigenvalue weighted by atomic mass is 35.5. The van der Waals surface area contributed by atoms with E-state index in [2.05, 4.69) is 28.7 Å². The standard InChI is InChI=1S/C17H13ClN2/c18-15-8-4-9-16(11-15)20-19-12-14-7-3-6-13-5-1-2-10-17(13)14/h1-12,20H/b19-12-. The van der Waals surface area contributed by atoms with Gasteiger partial charge in [-0.3, -0.25) is 5.43 Å². The third kappa shape index (κ3) is 2.81. The molecule has 0 atom stereocenters. The van der Waals surface area contributed by atoms with Crippen molar-refractivity contribution in [3.05, 3.63) is 77.3 Å². The van der Waals surface area contributed by atoms with Crippen LogP contribution in [-0.4, -0.2) is 6.21 Å². The number of nitrogens with one attached hydrogen (secondary N) is 1. The number of hydrazone groups is 1. The van der Waals surface area contributed by atoms with Crippen molar-refractivity contribution < 1.29 is 0 Å². The molecular weight excluding hydrogens is 268 g/mol. The molecule has 0 aliphatic heterocycles. The van der Waals surface area contributed by atoms with Crippen LogP contribution in [0.2, 0.25) is 5.02 Å². The fraction of sp³-hybridized carbons (Fsp3) is 0. The Bertz CT molecular complexity index is 760. The summed E-state index contributed by atoms with van der Waals surface area (Å²) in [6.45, 7) is 0. The monoisotopic (exact) mass is 280 g/mol. The van der Waals surface area contributed by atoms with Crippen LogP contribution in [0.3, 0.4) is 0 Å². The van der Waals surface area contributed by atoms with E-state index in [1.54, 1.807) is 0 Å². The van der Waals surface area contributed by atoms with Crippen LogP contribution in [0.1, 0.15) is 5.56 Å². The number of rotatable bonds is 3. The first-order valence-corrected chi connectivity index (χ1v) is 6.73. The van der Waals surface area contributed by atoms with Crippen molar-refractivity contribution >= 4 is 34.3 Å². The molecule has 0 aliphatic carbocycles. The highest BCUT2D eigenvalue weighted by Gasteiger charge is 1.97. The van der Waals surface area contributed by atoms with Gasteiger partial charge in [-0.2, -0.15) is 5.10 Å². The summed E-state index contributed by atoms with van der Waals surface area (Å²) in [5.74, 6) is 0. The maximum absolute atomic E-state index is 5.93. The van der Waals surface area contributed by atoms with Crippen molar-refractivity contribution in [1.82, 2.24) is 0 Å². The molecular formula is C17H13ClN2. The second-order valence-electron chi connectivity index (χ2n) is 4.45. The largest absolute Gasteiger partial charge is 0.278 e. The van der Waals surface area contributed by atoms with Crippen LogP contribution >= 0.6 is 11.6 Å². The lowest BCUT2D eigenvalue weighted by molar-refractivity contribution is 1.35. The van der Waals surface area contributed by atoms with Crippen LogP contribution in [0, 0.1) is 0 Å². The molecule has 0 radical (unpaired) electrons. The summed E-state index contributed by atoms with van der Waals surface area (Å²) >= 11 is 5.93. The number of anilines is 1. The molecule has 20 heavy (non-hydrogen) atoms. The molecule has 3 aromatic carbocycles. The van der Waals surface area contributed by atoms with Gasteiger partial charge in [-0.15, -0.1) is 0 Å². The average Bonchev–Trinajstić information content (AvgIpc) is 2.48. The van der Waals surface area contributed by atoms with Gasteiger partial charge in [0, 0.05) is 10.6 Å². The van der Waals surface area contributed by atoms with E-state index in [-0.39, 0.29) is 0 Å². The summed E-state index contributed by atoms with van der Waals surface area (Å²) in [6.07, 6.45) is 1.82. The Balaban J connectivity index is 1.84. The summed E-state index contributed by atoms with van der Waals surface area (Å²) < 4.78 is 0. The molecule has 0 saturated heterocycles. The highest BCUT2D eigenvalue weighted by molar-refractivity contribution is 6.30.